The lowest BCUT2D eigenvalue weighted by Gasteiger charge is -2.25. The Kier molecular flexibility index (Phi) is 5.90. The second-order valence-electron chi connectivity index (χ2n) is 6.02. The zero-order valence-electron chi connectivity index (χ0n) is 12.6. The summed E-state index contributed by atoms with van der Waals surface area (Å²) in [4.78, 5) is 4.51. The van der Waals surface area contributed by atoms with E-state index in [1.165, 1.54) is 50.9 Å². The van der Waals surface area contributed by atoms with Crippen LogP contribution in [-0.2, 0) is 13.5 Å². The summed E-state index contributed by atoms with van der Waals surface area (Å²) < 4.78 is 2.18. The zero-order valence-corrected chi connectivity index (χ0v) is 12.6. The van der Waals surface area contributed by atoms with Gasteiger partial charge in [-0.05, 0) is 44.2 Å². The molecule has 0 aliphatic heterocycles. The summed E-state index contributed by atoms with van der Waals surface area (Å²) in [6.45, 7) is 4.60. The van der Waals surface area contributed by atoms with Gasteiger partial charge in [0, 0.05) is 25.9 Å². The van der Waals surface area contributed by atoms with E-state index >= 15 is 0 Å². The molecule has 1 saturated carbocycles. The van der Waals surface area contributed by atoms with E-state index in [-0.39, 0.29) is 0 Å². The van der Waals surface area contributed by atoms with Crippen molar-refractivity contribution in [3.63, 3.8) is 0 Å². The smallest absolute Gasteiger partial charge is 0.108 e. The van der Waals surface area contributed by atoms with Gasteiger partial charge in [0.15, 0.2) is 0 Å². The molecule has 0 aromatic carbocycles. The first-order chi connectivity index (χ1) is 9.31. The SMILES string of the molecule is CCCNCC1CCCCCC1Cc1nccn1C. The minimum absolute atomic E-state index is 0.813. The summed E-state index contributed by atoms with van der Waals surface area (Å²) >= 11 is 0. The number of aryl methyl sites for hydroxylation is 1. The van der Waals surface area contributed by atoms with E-state index in [0.717, 1.165) is 24.8 Å². The summed E-state index contributed by atoms with van der Waals surface area (Å²) in [5, 5.41) is 3.63. The normalized spacial score (nSPS) is 24.3. The number of aromatic nitrogens is 2. The van der Waals surface area contributed by atoms with Crippen molar-refractivity contribution >= 4 is 0 Å². The Morgan fingerprint density at radius 2 is 2.05 bits per heavy atom. The van der Waals surface area contributed by atoms with E-state index in [0.29, 0.717) is 0 Å². The maximum Gasteiger partial charge on any atom is 0.108 e. The predicted molar refractivity (Wildman–Crippen MR) is 80.1 cm³/mol. The molecule has 0 radical (unpaired) electrons. The van der Waals surface area contributed by atoms with Crippen LogP contribution in [0.3, 0.4) is 0 Å². The Labute approximate surface area is 117 Å². The van der Waals surface area contributed by atoms with Gasteiger partial charge in [-0.15, -0.1) is 0 Å². The molecule has 3 nitrogen and oxygen atoms in total. The molecule has 1 heterocycles. The van der Waals surface area contributed by atoms with Crippen LogP contribution in [0.25, 0.3) is 0 Å². The van der Waals surface area contributed by atoms with Crippen LogP contribution in [0.2, 0.25) is 0 Å². The third kappa shape index (κ3) is 4.34. The van der Waals surface area contributed by atoms with Crippen molar-refractivity contribution in [3.8, 4) is 0 Å². The molecule has 108 valence electrons. The van der Waals surface area contributed by atoms with E-state index in [4.69, 9.17) is 0 Å². The van der Waals surface area contributed by atoms with Crippen LogP contribution in [0.4, 0.5) is 0 Å². The molecule has 0 spiro atoms. The van der Waals surface area contributed by atoms with Gasteiger partial charge in [-0.1, -0.05) is 26.2 Å². The third-order valence-electron chi connectivity index (χ3n) is 4.52. The molecule has 2 unspecified atom stereocenters. The lowest BCUT2D eigenvalue weighted by Crippen LogP contribution is -2.29. The fraction of sp³-hybridized carbons (Fsp3) is 0.812. The Bertz CT molecular complexity index is 359. The minimum atomic E-state index is 0.813. The van der Waals surface area contributed by atoms with E-state index < -0.39 is 0 Å². The number of hydrogen-bond acceptors (Lipinski definition) is 2. The highest BCUT2D eigenvalue weighted by molar-refractivity contribution is 4.94. The summed E-state index contributed by atoms with van der Waals surface area (Å²) in [6.07, 6.45) is 13.4. The predicted octanol–water partition coefficient (Wildman–Crippen LogP) is 3.16. The van der Waals surface area contributed by atoms with Crippen LogP contribution >= 0.6 is 0 Å². The lowest BCUT2D eigenvalue weighted by molar-refractivity contribution is 0.292. The summed E-state index contributed by atoms with van der Waals surface area (Å²) in [5.41, 5.74) is 0. The largest absolute Gasteiger partial charge is 0.338 e. The highest BCUT2D eigenvalue weighted by Crippen LogP contribution is 2.30. The third-order valence-corrected chi connectivity index (χ3v) is 4.52. The molecule has 2 atom stereocenters. The first-order valence-corrected chi connectivity index (χ1v) is 7.98. The molecule has 0 saturated heterocycles. The molecule has 1 aromatic heterocycles. The van der Waals surface area contributed by atoms with Crippen molar-refractivity contribution in [2.24, 2.45) is 18.9 Å². The fourth-order valence-electron chi connectivity index (χ4n) is 3.29. The second kappa shape index (κ2) is 7.68. The topological polar surface area (TPSA) is 29.9 Å². The van der Waals surface area contributed by atoms with Gasteiger partial charge in [0.2, 0.25) is 0 Å². The molecule has 0 bridgehead atoms. The van der Waals surface area contributed by atoms with Gasteiger partial charge < -0.3 is 9.88 Å². The van der Waals surface area contributed by atoms with Crippen molar-refractivity contribution in [3.05, 3.63) is 18.2 Å². The van der Waals surface area contributed by atoms with Crippen LogP contribution in [0.15, 0.2) is 12.4 Å². The Hall–Kier alpha value is -0.830. The number of nitrogens with one attached hydrogen (secondary N) is 1. The van der Waals surface area contributed by atoms with Gasteiger partial charge in [0.25, 0.3) is 0 Å². The van der Waals surface area contributed by atoms with Crippen molar-refractivity contribution in [1.82, 2.24) is 14.9 Å². The summed E-state index contributed by atoms with van der Waals surface area (Å²) in [6, 6.07) is 0. The zero-order chi connectivity index (χ0) is 13.5. The molecule has 2 rings (SSSR count). The van der Waals surface area contributed by atoms with Crippen LogP contribution in [0.5, 0.6) is 0 Å². The van der Waals surface area contributed by atoms with Gasteiger partial charge in [-0.25, -0.2) is 4.98 Å². The first-order valence-electron chi connectivity index (χ1n) is 7.98. The first kappa shape index (κ1) is 14.6. The minimum Gasteiger partial charge on any atom is -0.338 e. The Balaban J connectivity index is 1.94. The molecule has 0 amide bonds. The van der Waals surface area contributed by atoms with Gasteiger partial charge in [-0.3, -0.25) is 0 Å². The molecular formula is C16H29N3. The molecule has 1 aromatic rings. The quantitative estimate of drug-likeness (QED) is 0.631. The lowest BCUT2D eigenvalue weighted by atomic mass is 9.85. The summed E-state index contributed by atoms with van der Waals surface area (Å²) in [7, 11) is 2.11. The van der Waals surface area contributed by atoms with Crippen LogP contribution < -0.4 is 5.32 Å². The molecule has 19 heavy (non-hydrogen) atoms. The standard InChI is InChI=1S/C16H29N3/c1-3-9-17-13-15-8-6-4-5-7-14(15)12-16-18-10-11-19(16)2/h10-11,14-15,17H,3-9,12-13H2,1-2H3. The number of rotatable bonds is 6. The van der Waals surface area contributed by atoms with E-state index in [2.05, 4.69) is 35.0 Å². The van der Waals surface area contributed by atoms with E-state index in [1.807, 2.05) is 6.20 Å². The molecule has 1 N–H and O–H groups in total. The number of imidazole rings is 1. The van der Waals surface area contributed by atoms with Crippen molar-refractivity contribution < 1.29 is 0 Å². The van der Waals surface area contributed by atoms with Crippen molar-refractivity contribution in [2.75, 3.05) is 13.1 Å². The molecule has 1 fully saturated rings. The van der Waals surface area contributed by atoms with Crippen molar-refractivity contribution in [1.29, 1.82) is 0 Å². The maximum absolute atomic E-state index is 4.51. The van der Waals surface area contributed by atoms with Gasteiger partial charge in [0.1, 0.15) is 5.82 Å². The van der Waals surface area contributed by atoms with Crippen molar-refractivity contribution in [2.45, 2.75) is 51.9 Å². The average molecular weight is 263 g/mol. The van der Waals surface area contributed by atoms with E-state index in [1.54, 1.807) is 0 Å². The Morgan fingerprint density at radius 1 is 1.26 bits per heavy atom. The summed E-state index contributed by atoms with van der Waals surface area (Å²) in [5.74, 6) is 2.91. The van der Waals surface area contributed by atoms with Crippen LogP contribution in [0.1, 0.15) is 51.3 Å². The fourth-order valence-corrected chi connectivity index (χ4v) is 3.29. The number of hydrogen-bond donors (Lipinski definition) is 1. The average Bonchev–Trinajstić information content (AvgIpc) is 2.68. The van der Waals surface area contributed by atoms with Gasteiger partial charge >= 0.3 is 0 Å². The highest BCUT2D eigenvalue weighted by atomic mass is 15.0. The van der Waals surface area contributed by atoms with E-state index in [9.17, 15) is 0 Å². The molecule has 1 aliphatic rings. The van der Waals surface area contributed by atoms with Crippen LogP contribution in [0, 0.1) is 11.8 Å². The molecule has 1 aliphatic carbocycles. The maximum atomic E-state index is 4.51. The second-order valence-corrected chi connectivity index (χ2v) is 6.02. The number of nitrogens with zero attached hydrogens (tertiary/aromatic N) is 2. The van der Waals surface area contributed by atoms with Gasteiger partial charge in [0.05, 0.1) is 0 Å². The molecular weight excluding hydrogens is 234 g/mol. The molecule has 3 heteroatoms. The van der Waals surface area contributed by atoms with Crippen LogP contribution in [-0.4, -0.2) is 22.6 Å². The highest BCUT2D eigenvalue weighted by Gasteiger charge is 2.24. The van der Waals surface area contributed by atoms with Gasteiger partial charge in [-0.2, -0.15) is 0 Å². The monoisotopic (exact) mass is 263 g/mol. The Morgan fingerprint density at radius 3 is 2.74 bits per heavy atom.